The quantitative estimate of drug-likeness (QED) is 0.435. The zero-order valence-electron chi connectivity index (χ0n) is 22.5. The predicted octanol–water partition coefficient (Wildman–Crippen LogP) is 5.78. The number of carbonyl (C=O) groups excluding carboxylic acids is 1. The van der Waals surface area contributed by atoms with Crippen molar-refractivity contribution in [2.75, 3.05) is 26.2 Å². The first-order valence-corrected chi connectivity index (χ1v) is 13.5. The Morgan fingerprint density at radius 2 is 1.63 bits per heavy atom. The number of aliphatic hydroxyl groups excluding tert-OH is 1. The number of carbonyl (C=O) groups is 1. The number of fused-ring (bicyclic) bond motifs is 1. The van der Waals surface area contributed by atoms with Gasteiger partial charge < -0.3 is 14.7 Å². The van der Waals surface area contributed by atoms with Crippen LogP contribution in [-0.4, -0.2) is 65.2 Å². The second-order valence-corrected chi connectivity index (χ2v) is 11.7. The summed E-state index contributed by atoms with van der Waals surface area (Å²) in [4.78, 5) is 17.4. The first-order chi connectivity index (χ1) is 19.0. The third-order valence-electron chi connectivity index (χ3n) is 8.56. The number of nitrogens with zero attached hydrogens (tertiary/aromatic N) is 2. The van der Waals surface area contributed by atoms with Gasteiger partial charge in [0.25, 0.3) is 0 Å². The molecule has 1 amide bonds. The fourth-order valence-corrected chi connectivity index (χ4v) is 6.64. The average Bonchev–Trinajstić information content (AvgIpc) is 3.51. The molecule has 3 aliphatic heterocycles. The number of ether oxygens (including phenoxy) is 1. The fourth-order valence-electron chi connectivity index (χ4n) is 6.64. The van der Waals surface area contributed by atoms with Gasteiger partial charge in [0.05, 0.1) is 34.9 Å². The number of β-amino-alcohol motifs (C(OH)–C–C–N with tert-alkyl or cyclic N) is 1. The SMILES string of the molecule is C[C@@H](O[C@H]1CN2C(=O)C(C)(CN3CC[C@@H](O)C3)CC2[C@@H]1c1ccc(F)cc1)c1cc(C(F)(F)F)cc(C(F)(F)F)c1. The molecule has 0 bridgehead atoms. The summed E-state index contributed by atoms with van der Waals surface area (Å²) in [5.74, 6) is -1.09. The molecular weight excluding hydrogens is 557 g/mol. The fraction of sp³-hybridized carbons (Fsp3) is 0.552. The number of benzene rings is 2. The highest BCUT2D eigenvalue weighted by Gasteiger charge is 2.58. The molecule has 3 fully saturated rings. The molecule has 0 radical (unpaired) electrons. The summed E-state index contributed by atoms with van der Waals surface area (Å²) in [7, 11) is 0. The van der Waals surface area contributed by atoms with Gasteiger partial charge in [-0.25, -0.2) is 4.39 Å². The molecule has 0 aromatic heterocycles. The van der Waals surface area contributed by atoms with Crippen LogP contribution in [0.25, 0.3) is 0 Å². The van der Waals surface area contributed by atoms with Crippen LogP contribution in [0.4, 0.5) is 30.7 Å². The van der Waals surface area contributed by atoms with E-state index in [-0.39, 0.29) is 30.1 Å². The third-order valence-corrected chi connectivity index (χ3v) is 8.56. The van der Waals surface area contributed by atoms with E-state index >= 15 is 0 Å². The Labute approximate surface area is 232 Å². The molecule has 0 aliphatic carbocycles. The van der Waals surface area contributed by atoms with Crippen molar-refractivity contribution >= 4 is 5.91 Å². The maximum atomic E-state index is 13.8. The van der Waals surface area contributed by atoms with E-state index in [1.807, 2.05) is 11.8 Å². The summed E-state index contributed by atoms with van der Waals surface area (Å²) in [5.41, 5.74) is -3.26. The van der Waals surface area contributed by atoms with Gasteiger partial charge in [-0.2, -0.15) is 26.3 Å². The van der Waals surface area contributed by atoms with Gasteiger partial charge in [0.1, 0.15) is 5.82 Å². The Kier molecular flexibility index (Phi) is 7.65. The van der Waals surface area contributed by atoms with Gasteiger partial charge in [0.15, 0.2) is 0 Å². The molecule has 2 aromatic carbocycles. The summed E-state index contributed by atoms with van der Waals surface area (Å²) in [5, 5.41) is 9.92. The van der Waals surface area contributed by atoms with Gasteiger partial charge in [-0.3, -0.25) is 9.69 Å². The lowest BCUT2D eigenvalue weighted by Gasteiger charge is -2.31. The second-order valence-electron chi connectivity index (χ2n) is 11.7. The molecule has 3 heterocycles. The lowest BCUT2D eigenvalue weighted by atomic mass is 9.80. The Morgan fingerprint density at radius 1 is 1.02 bits per heavy atom. The smallest absolute Gasteiger partial charge is 0.392 e. The van der Waals surface area contributed by atoms with E-state index in [9.17, 15) is 40.6 Å². The molecule has 12 heteroatoms. The van der Waals surface area contributed by atoms with Crippen molar-refractivity contribution in [3.05, 3.63) is 70.5 Å². The Morgan fingerprint density at radius 3 is 2.17 bits per heavy atom. The van der Waals surface area contributed by atoms with Crippen LogP contribution in [0.15, 0.2) is 42.5 Å². The van der Waals surface area contributed by atoms with Crippen LogP contribution in [0.3, 0.4) is 0 Å². The largest absolute Gasteiger partial charge is 0.416 e. The molecule has 6 atom stereocenters. The molecule has 0 saturated carbocycles. The Bertz CT molecular complexity index is 1250. The van der Waals surface area contributed by atoms with Crippen molar-refractivity contribution in [1.29, 1.82) is 0 Å². The van der Waals surface area contributed by atoms with E-state index in [0.717, 1.165) is 0 Å². The van der Waals surface area contributed by atoms with Crippen molar-refractivity contribution in [2.24, 2.45) is 5.41 Å². The minimum absolute atomic E-state index is 0.0715. The topological polar surface area (TPSA) is 53.0 Å². The second kappa shape index (κ2) is 10.5. The molecule has 3 aliphatic rings. The standard InChI is InChI=1S/C29H31F7N2O3/c1-16(18-9-19(28(31,32)33)11-20(10-18)29(34,35)36)41-24-14-38-23(25(24)17-3-5-21(30)6-4-17)12-27(2,26(38)40)15-37-8-7-22(39)13-37/h3-6,9-11,16,22-25,39H,7-8,12-15H2,1-2H3/t16-,22-,23?,24+,25+,27?/m1/s1. The van der Waals surface area contributed by atoms with Crippen LogP contribution in [0, 0.1) is 11.2 Å². The summed E-state index contributed by atoms with van der Waals surface area (Å²) < 4.78 is 101. The van der Waals surface area contributed by atoms with Gasteiger partial charge >= 0.3 is 12.4 Å². The van der Waals surface area contributed by atoms with Crippen LogP contribution >= 0.6 is 0 Å². The maximum absolute atomic E-state index is 13.8. The average molecular weight is 589 g/mol. The number of hydrogen-bond acceptors (Lipinski definition) is 4. The van der Waals surface area contributed by atoms with Crippen LogP contribution < -0.4 is 0 Å². The van der Waals surface area contributed by atoms with Crippen LogP contribution in [0.2, 0.25) is 0 Å². The predicted molar refractivity (Wildman–Crippen MR) is 134 cm³/mol. The van der Waals surface area contributed by atoms with Crippen molar-refractivity contribution in [1.82, 2.24) is 9.80 Å². The van der Waals surface area contributed by atoms with E-state index < -0.39 is 58.9 Å². The Balaban J connectivity index is 1.44. The number of halogens is 7. The molecule has 5 nitrogen and oxygen atoms in total. The van der Waals surface area contributed by atoms with Crippen LogP contribution in [0.1, 0.15) is 61.0 Å². The molecule has 1 N–H and O–H groups in total. The molecule has 3 saturated heterocycles. The van der Waals surface area contributed by atoms with Crippen molar-refractivity contribution in [2.45, 2.75) is 69.3 Å². The normalized spacial score (nSPS) is 29.8. The van der Waals surface area contributed by atoms with Crippen LogP contribution in [0.5, 0.6) is 0 Å². The van der Waals surface area contributed by atoms with E-state index in [1.165, 1.54) is 19.1 Å². The molecule has 41 heavy (non-hydrogen) atoms. The zero-order valence-corrected chi connectivity index (χ0v) is 22.5. The first kappa shape index (κ1) is 29.8. The highest BCUT2D eigenvalue weighted by Crippen LogP contribution is 2.49. The number of amides is 1. The van der Waals surface area contributed by atoms with E-state index in [4.69, 9.17) is 4.74 Å². The monoisotopic (exact) mass is 588 g/mol. The van der Waals surface area contributed by atoms with E-state index in [0.29, 0.717) is 50.2 Å². The van der Waals surface area contributed by atoms with Gasteiger partial charge in [0, 0.05) is 38.1 Å². The summed E-state index contributed by atoms with van der Waals surface area (Å²) in [6, 6.07) is 6.66. The number of alkyl halides is 6. The van der Waals surface area contributed by atoms with Crippen LogP contribution in [-0.2, 0) is 21.9 Å². The first-order valence-electron chi connectivity index (χ1n) is 13.5. The van der Waals surface area contributed by atoms with Gasteiger partial charge in [-0.1, -0.05) is 12.1 Å². The highest BCUT2D eigenvalue weighted by molar-refractivity contribution is 5.86. The third kappa shape index (κ3) is 5.96. The minimum Gasteiger partial charge on any atom is -0.392 e. The molecule has 224 valence electrons. The number of hydrogen-bond donors (Lipinski definition) is 1. The lowest BCUT2D eigenvalue weighted by molar-refractivity contribution is -0.143. The van der Waals surface area contributed by atoms with Crippen molar-refractivity contribution < 1.29 is 45.4 Å². The highest BCUT2D eigenvalue weighted by atomic mass is 19.4. The molecule has 5 rings (SSSR count). The van der Waals surface area contributed by atoms with Gasteiger partial charge in [0.2, 0.25) is 5.91 Å². The lowest BCUT2D eigenvalue weighted by Crippen LogP contribution is -2.42. The molecule has 2 unspecified atom stereocenters. The van der Waals surface area contributed by atoms with E-state index in [1.54, 1.807) is 17.0 Å². The Hall–Kier alpha value is -2.70. The molecular formula is C29H31F7N2O3. The zero-order chi connectivity index (χ0) is 29.9. The number of aliphatic hydroxyl groups is 1. The number of rotatable bonds is 6. The van der Waals surface area contributed by atoms with Crippen molar-refractivity contribution in [3.8, 4) is 0 Å². The molecule has 2 aromatic rings. The summed E-state index contributed by atoms with van der Waals surface area (Å²) in [6.45, 7) is 4.90. The minimum atomic E-state index is -5.00. The van der Waals surface area contributed by atoms with Crippen molar-refractivity contribution in [3.63, 3.8) is 0 Å². The van der Waals surface area contributed by atoms with Gasteiger partial charge in [-0.15, -0.1) is 0 Å². The summed E-state index contributed by atoms with van der Waals surface area (Å²) >= 11 is 0. The summed E-state index contributed by atoms with van der Waals surface area (Å²) in [6.07, 6.45) is -11.3. The maximum Gasteiger partial charge on any atom is 0.416 e. The molecule has 0 spiro atoms. The number of likely N-dealkylation sites (tertiary alicyclic amines) is 1. The van der Waals surface area contributed by atoms with Gasteiger partial charge in [-0.05, 0) is 68.1 Å². The van der Waals surface area contributed by atoms with E-state index in [2.05, 4.69) is 0 Å².